The smallest absolute Gasteiger partial charge is 0.340 e. The van der Waals surface area contributed by atoms with E-state index in [2.05, 4.69) is 15.0 Å². The van der Waals surface area contributed by atoms with Gasteiger partial charge in [0.1, 0.15) is 10.6 Å². The first-order chi connectivity index (χ1) is 11.8. The van der Waals surface area contributed by atoms with E-state index in [1.165, 1.54) is 6.92 Å². The lowest BCUT2D eigenvalue weighted by Gasteiger charge is -2.08. The van der Waals surface area contributed by atoms with Crippen LogP contribution in [0, 0.1) is 0 Å². The molecule has 0 saturated carbocycles. The van der Waals surface area contributed by atoms with Gasteiger partial charge in [-0.1, -0.05) is 0 Å². The summed E-state index contributed by atoms with van der Waals surface area (Å²) in [5.41, 5.74) is -0.844. The van der Waals surface area contributed by atoms with Gasteiger partial charge in [0.05, 0.1) is 11.5 Å². The van der Waals surface area contributed by atoms with Gasteiger partial charge in [-0.05, 0) is 26.0 Å². The van der Waals surface area contributed by atoms with Gasteiger partial charge in [0.25, 0.3) is 20.2 Å². The minimum atomic E-state index is -5.10. The van der Waals surface area contributed by atoms with Crippen molar-refractivity contribution in [1.29, 1.82) is 0 Å². The molecule has 0 spiro atoms. The van der Waals surface area contributed by atoms with Crippen molar-refractivity contribution < 1.29 is 45.4 Å². The largest absolute Gasteiger partial charge is 0.504 e. The first-order valence-corrected chi connectivity index (χ1v) is 9.57. The zero-order chi connectivity index (χ0) is 20.3. The molecule has 1 rings (SSSR count). The molecule has 0 saturated heterocycles. The molecule has 0 fully saturated rings. The molecule has 0 heterocycles. The number of benzene rings is 1. The number of hydrogen-bond donors (Lipinski definition) is 3. The molecule has 0 aliphatic carbocycles. The molecule has 0 radical (unpaired) electrons. The summed E-state index contributed by atoms with van der Waals surface area (Å²) in [7, 11) is -10.1. The Bertz CT molecular complexity index is 966. The number of hydrogen-bond acceptors (Lipinski definition) is 10. The molecule has 0 aromatic heterocycles. The average molecular weight is 410 g/mol. The summed E-state index contributed by atoms with van der Waals surface area (Å²) in [5, 5.41) is 16.4. The van der Waals surface area contributed by atoms with Gasteiger partial charge in [-0.3, -0.25) is 13.9 Å². The lowest BCUT2D eigenvalue weighted by molar-refractivity contribution is -0.147. The number of aromatic hydroxyl groups is 1. The Hall–Kier alpha value is -2.42. The van der Waals surface area contributed by atoms with Gasteiger partial charge in [-0.15, -0.1) is 0 Å². The fourth-order valence-corrected chi connectivity index (χ4v) is 2.85. The Morgan fingerprint density at radius 2 is 1.73 bits per heavy atom. The average Bonchev–Trinajstić information content (AvgIpc) is 2.46. The van der Waals surface area contributed by atoms with Crippen LogP contribution in [-0.2, 0) is 34.6 Å². The van der Waals surface area contributed by atoms with Crippen LogP contribution in [0.4, 0.5) is 5.69 Å². The van der Waals surface area contributed by atoms with E-state index in [4.69, 9.17) is 9.11 Å². The quantitative estimate of drug-likeness (QED) is 0.246. The third-order valence-electron chi connectivity index (χ3n) is 2.78. The molecule has 144 valence electrons. The van der Waals surface area contributed by atoms with E-state index in [9.17, 15) is 31.5 Å². The number of phenols is 1. The second kappa shape index (κ2) is 7.86. The van der Waals surface area contributed by atoms with Gasteiger partial charge in [0, 0.05) is 0 Å². The highest BCUT2D eigenvalue weighted by Crippen LogP contribution is 2.36. The number of phenolic OH excluding ortho intramolecular Hbond substituents is 1. The molecule has 1 aromatic rings. The van der Waals surface area contributed by atoms with E-state index in [-0.39, 0.29) is 12.7 Å². The van der Waals surface area contributed by atoms with Crippen LogP contribution in [0.1, 0.15) is 13.8 Å². The van der Waals surface area contributed by atoms with Crippen molar-refractivity contribution in [2.24, 2.45) is 10.2 Å². The number of carbonyl (C=O) groups excluding carboxylic acids is 2. The summed E-state index contributed by atoms with van der Waals surface area (Å²) < 4.78 is 67.6. The second-order valence-electron chi connectivity index (χ2n) is 4.72. The molecule has 1 unspecified atom stereocenters. The summed E-state index contributed by atoms with van der Waals surface area (Å²) in [6.07, 6.45) is 0. The maximum Gasteiger partial charge on any atom is 0.340 e. The van der Waals surface area contributed by atoms with Crippen LogP contribution in [0.15, 0.2) is 32.2 Å². The molecule has 1 aromatic carbocycles. The number of esters is 1. The SMILES string of the molecule is CCOC(=O)C(N=Nc1cc(S(=O)(=O)O)cc(S(=O)(=O)O)c1O)C(C)=O. The van der Waals surface area contributed by atoms with E-state index in [1.807, 2.05) is 0 Å². The maximum absolute atomic E-state index is 11.6. The molecule has 1 atom stereocenters. The summed E-state index contributed by atoms with van der Waals surface area (Å²) in [5.74, 6) is -3.09. The Labute approximate surface area is 148 Å². The van der Waals surface area contributed by atoms with Crippen molar-refractivity contribution in [3.63, 3.8) is 0 Å². The van der Waals surface area contributed by atoms with Crippen molar-refractivity contribution in [2.45, 2.75) is 29.7 Å². The normalized spacial score (nSPS) is 13.5. The van der Waals surface area contributed by atoms with Crippen LogP contribution < -0.4 is 0 Å². The molecule has 26 heavy (non-hydrogen) atoms. The van der Waals surface area contributed by atoms with E-state index in [0.717, 1.165) is 6.92 Å². The topological polar surface area (TPSA) is 197 Å². The summed E-state index contributed by atoms with van der Waals surface area (Å²) in [4.78, 5) is 20.7. The third kappa shape index (κ3) is 5.29. The Morgan fingerprint density at radius 3 is 2.15 bits per heavy atom. The number of ether oxygens (including phenoxy) is 1. The van der Waals surface area contributed by atoms with Crippen LogP contribution in [0.2, 0.25) is 0 Å². The van der Waals surface area contributed by atoms with Crippen LogP contribution in [0.5, 0.6) is 5.75 Å². The zero-order valence-electron chi connectivity index (χ0n) is 13.3. The van der Waals surface area contributed by atoms with E-state index in [0.29, 0.717) is 6.07 Å². The summed E-state index contributed by atoms with van der Waals surface area (Å²) in [6, 6.07) is -0.948. The number of Topliss-reactive ketones (excluding diaryl/α,β-unsaturated/α-hetero) is 1. The maximum atomic E-state index is 11.6. The molecule has 3 N–H and O–H groups in total. The van der Waals surface area contributed by atoms with Crippen molar-refractivity contribution in [2.75, 3.05) is 6.61 Å². The molecule has 0 bridgehead atoms. The Morgan fingerprint density at radius 1 is 1.15 bits per heavy atom. The van der Waals surface area contributed by atoms with Crippen molar-refractivity contribution in [1.82, 2.24) is 0 Å². The minimum Gasteiger partial charge on any atom is -0.504 e. The van der Waals surface area contributed by atoms with Gasteiger partial charge < -0.3 is 9.84 Å². The predicted octanol–water partition coefficient (Wildman–Crippen LogP) is 0.490. The minimum absolute atomic E-state index is 0.0749. The highest BCUT2D eigenvalue weighted by molar-refractivity contribution is 7.86. The van der Waals surface area contributed by atoms with Crippen molar-refractivity contribution >= 4 is 37.7 Å². The summed E-state index contributed by atoms with van der Waals surface area (Å²) in [6.45, 7) is 2.37. The molecule has 14 heteroatoms. The number of nitrogens with zero attached hydrogens (tertiary/aromatic N) is 2. The van der Waals surface area contributed by atoms with Crippen molar-refractivity contribution in [3.05, 3.63) is 12.1 Å². The van der Waals surface area contributed by atoms with E-state index >= 15 is 0 Å². The number of ketones is 1. The molecular weight excluding hydrogens is 396 g/mol. The Kier molecular flexibility index (Phi) is 6.54. The van der Waals surface area contributed by atoms with Gasteiger partial charge in [-0.25, -0.2) is 4.79 Å². The highest BCUT2D eigenvalue weighted by Gasteiger charge is 2.27. The first-order valence-electron chi connectivity index (χ1n) is 6.69. The standard InChI is InChI=1S/C12H14N2O10S2/c1-3-24-12(17)10(6(2)15)14-13-8-4-7(25(18,19)20)5-9(11(8)16)26(21,22)23/h4-5,10,16H,3H2,1-2H3,(H,18,19,20)(H,21,22,23). The second-order valence-corrected chi connectivity index (χ2v) is 7.53. The Balaban J connectivity index is 3.57. The van der Waals surface area contributed by atoms with Crippen LogP contribution >= 0.6 is 0 Å². The third-order valence-corrected chi connectivity index (χ3v) is 4.48. The lowest BCUT2D eigenvalue weighted by Crippen LogP contribution is -2.28. The van der Waals surface area contributed by atoms with E-state index < -0.39 is 59.3 Å². The molecule has 12 nitrogen and oxygen atoms in total. The molecular formula is C12H14N2O10S2. The number of carbonyl (C=O) groups is 2. The molecule has 0 aliphatic rings. The fourth-order valence-electron chi connectivity index (χ4n) is 1.63. The first kappa shape index (κ1) is 21.6. The molecule has 0 amide bonds. The zero-order valence-corrected chi connectivity index (χ0v) is 15.0. The number of azo groups is 1. The van der Waals surface area contributed by atoms with Crippen molar-refractivity contribution in [3.8, 4) is 5.75 Å². The monoisotopic (exact) mass is 410 g/mol. The fraction of sp³-hybridized carbons (Fsp3) is 0.333. The van der Waals surface area contributed by atoms with E-state index in [1.54, 1.807) is 0 Å². The summed E-state index contributed by atoms with van der Waals surface area (Å²) >= 11 is 0. The van der Waals surface area contributed by atoms with Gasteiger partial charge in [0.2, 0.25) is 6.04 Å². The van der Waals surface area contributed by atoms with Crippen LogP contribution in [0.25, 0.3) is 0 Å². The van der Waals surface area contributed by atoms with Crippen LogP contribution in [0.3, 0.4) is 0 Å². The predicted molar refractivity (Wildman–Crippen MR) is 83.4 cm³/mol. The molecule has 0 aliphatic heterocycles. The van der Waals surface area contributed by atoms with Gasteiger partial charge >= 0.3 is 5.97 Å². The van der Waals surface area contributed by atoms with Gasteiger partial charge in [-0.2, -0.15) is 27.1 Å². The highest BCUT2D eigenvalue weighted by atomic mass is 32.2. The van der Waals surface area contributed by atoms with Crippen LogP contribution in [-0.4, -0.2) is 55.4 Å². The lowest BCUT2D eigenvalue weighted by atomic mass is 10.2. The number of rotatable bonds is 7. The van der Waals surface area contributed by atoms with Gasteiger partial charge in [0.15, 0.2) is 11.5 Å².